The zero-order valence-electron chi connectivity index (χ0n) is 15.9. The van der Waals surface area contributed by atoms with Gasteiger partial charge in [-0.2, -0.15) is 0 Å². The van der Waals surface area contributed by atoms with Crippen LogP contribution in [0.25, 0.3) is 11.1 Å². The molecule has 1 aliphatic heterocycles. The van der Waals surface area contributed by atoms with Crippen LogP contribution in [0, 0.1) is 0 Å². The third-order valence-corrected chi connectivity index (χ3v) is 4.85. The minimum Gasteiger partial charge on any atom is -0.491 e. The molecular formula is C21H15ClF3N3O3. The van der Waals surface area contributed by atoms with E-state index in [1.807, 2.05) is 0 Å². The van der Waals surface area contributed by atoms with Gasteiger partial charge >= 0.3 is 6.36 Å². The standard InChI is InChI=1S/C21H15ClF3N3O3/c22-16-11-14(3-5-18(16)31-21(23,24)25)13-2-4-17-15(10-13)20(29)28(8-9-30-17)12-19-26-6-1-7-27-19/h1-7,10-11H,8-9,12H2. The van der Waals surface area contributed by atoms with Crippen molar-refractivity contribution in [2.24, 2.45) is 0 Å². The average Bonchev–Trinajstić information content (AvgIpc) is 2.88. The second kappa shape index (κ2) is 8.43. The van der Waals surface area contributed by atoms with Crippen molar-refractivity contribution in [1.82, 2.24) is 14.9 Å². The molecule has 0 fully saturated rings. The molecule has 0 saturated heterocycles. The van der Waals surface area contributed by atoms with E-state index in [2.05, 4.69) is 14.7 Å². The fraction of sp³-hybridized carbons (Fsp3) is 0.190. The molecule has 0 atom stereocenters. The fourth-order valence-electron chi connectivity index (χ4n) is 3.16. The highest BCUT2D eigenvalue weighted by atomic mass is 35.5. The molecule has 1 aromatic heterocycles. The van der Waals surface area contributed by atoms with Gasteiger partial charge in [0.05, 0.1) is 23.7 Å². The van der Waals surface area contributed by atoms with Crippen molar-refractivity contribution in [1.29, 1.82) is 0 Å². The van der Waals surface area contributed by atoms with Crippen LogP contribution < -0.4 is 9.47 Å². The highest BCUT2D eigenvalue weighted by Gasteiger charge is 2.32. The lowest BCUT2D eigenvalue weighted by atomic mass is 10.0. The van der Waals surface area contributed by atoms with Crippen LogP contribution in [-0.4, -0.2) is 40.3 Å². The van der Waals surface area contributed by atoms with E-state index < -0.39 is 12.1 Å². The van der Waals surface area contributed by atoms with E-state index in [1.165, 1.54) is 12.1 Å². The summed E-state index contributed by atoms with van der Waals surface area (Å²) < 4.78 is 47.0. The van der Waals surface area contributed by atoms with Crippen molar-refractivity contribution in [3.8, 4) is 22.6 Å². The molecule has 1 aliphatic rings. The number of alkyl halides is 3. The van der Waals surface area contributed by atoms with Crippen LogP contribution in [0.1, 0.15) is 16.2 Å². The van der Waals surface area contributed by atoms with Crippen LogP contribution in [0.2, 0.25) is 5.02 Å². The van der Waals surface area contributed by atoms with Gasteiger partial charge in [-0.1, -0.05) is 23.7 Å². The smallest absolute Gasteiger partial charge is 0.491 e. The second-order valence-electron chi connectivity index (χ2n) is 6.64. The molecule has 0 radical (unpaired) electrons. The van der Waals surface area contributed by atoms with Crippen molar-refractivity contribution < 1.29 is 27.4 Å². The molecule has 0 N–H and O–H groups in total. The molecule has 10 heteroatoms. The van der Waals surface area contributed by atoms with Crippen LogP contribution in [0.3, 0.4) is 0 Å². The lowest BCUT2D eigenvalue weighted by molar-refractivity contribution is -0.274. The van der Waals surface area contributed by atoms with Crippen molar-refractivity contribution in [3.63, 3.8) is 0 Å². The highest BCUT2D eigenvalue weighted by Crippen LogP contribution is 2.35. The molecule has 3 aromatic rings. The Morgan fingerprint density at radius 3 is 2.52 bits per heavy atom. The quantitative estimate of drug-likeness (QED) is 0.576. The van der Waals surface area contributed by atoms with Gasteiger partial charge in [0.25, 0.3) is 5.91 Å². The summed E-state index contributed by atoms with van der Waals surface area (Å²) in [7, 11) is 0. The van der Waals surface area contributed by atoms with Crippen LogP contribution in [0.15, 0.2) is 54.9 Å². The number of amides is 1. The zero-order chi connectivity index (χ0) is 22.0. The van der Waals surface area contributed by atoms with Crippen LogP contribution in [-0.2, 0) is 6.54 Å². The third kappa shape index (κ3) is 4.88. The van der Waals surface area contributed by atoms with E-state index in [9.17, 15) is 18.0 Å². The Hall–Kier alpha value is -3.33. The Labute approximate surface area is 180 Å². The second-order valence-corrected chi connectivity index (χ2v) is 7.05. The van der Waals surface area contributed by atoms with Gasteiger partial charge in [0.2, 0.25) is 0 Å². The SMILES string of the molecule is O=C1c2cc(-c3ccc(OC(F)(F)F)c(Cl)c3)ccc2OCCN1Cc1ncccn1. The van der Waals surface area contributed by atoms with Gasteiger partial charge in [-0.15, -0.1) is 13.2 Å². The molecule has 0 spiro atoms. The highest BCUT2D eigenvalue weighted by molar-refractivity contribution is 6.32. The van der Waals surface area contributed by atoms with Gasteiger partial charge in [0.15, 0.2) is 0 Å². The molecule has 4 rings (SSSR count). The number of ether oxygens (including phenoxy) is 2. The Morgan fingerprint density at radius 2 is 1.81 bits per heavy atom. The predicted octanol–water partition coefficient (Wildman–Crippen LogP) is 4.73. The average molecular weight is 450 g/mol. The largest absolute Gasteiger partial charge is 0.573 e. The molecule has 31 heavy (non-hydrogen) atoms. The molecule has 160 valence electrons. The molecule has 2 aromatic carbocycles. The van der Waals surface area contributed by atoms with E-state index in [0.717, 1.165) is 6.07 Å². The maximum Gasteiger partial charge on any atom is 0.573 e. The summed E-state index contributed by atoms with van der Waals surface area (Å²) in [6, 6.07) is 10.6. The van der Waals surface area contributed by atoms with Gasteiger partial charge in [-0.05, 0) is 41.5 Å². The molecule has 1 amide bonds. The Balaban J connectivity index is 1.63. The summed E-state index contributed by atoms with van der Waals surface area (Å²) in [4.78, 5) is 23.0. The Kier molecular flexibility index (Phi) is 5.69. The number of rotatable bonds is 4. The first-order valence-electron chi connectivity index (χ1n) is 9.18. The maximum absolute atomic E-state index is 13.1. The van der Waals surface area contributed by atoms with Crippen molar-refractivity contribution in [2.75, 3.05) is 13.2 Å². The maximum atomic E-state index is 13.1. The predicted molar refractivity (Wildman–Crippen MR) is 106 cm³/mol. The normalized spacial score (nSPS) is 13.9. The summed E-state index contributed by atoms with van der Waals surface area (Å²) in [5.74, 6) is 0.168. The number of halogens is 4. The number of benzene rings is 2. The van der Waals surface area contributed by atoms with Crippen molar-refractivity contribution >= 4 is 17.5 Å². The molecule has 0 bridgehead atoms. The molecule has 0 saturated carbocycles. The molecule has 0 unspecified atom stereocenters. The Morgan fingerprint density at radius 1 is 1.10 bits per heavy atom. The van der Waals surface area contributed by atoms with E-state index in [1.54, 1.807) is 41.6 Å². The number of hydrogen-bond donors (Lipinski definition) is 0. The van der Waals surface area contributed by atoms with Gasteiger partial charge in [-0.3, -0.25) is 4.79 Å². The van der Waals surface area contributed by atoms with E-state index in [4.69, 9.17) is 16.3 Å². The topological polar surface area (TPSA) is 64.6 Å². The summed E-state index contributed by atoms with van der Waals surface area (Å²) in [6.07, 6.45) is -1.64. The minimum atomic E-state index is -4.84. The summed E-state index contributed by atoms with van der Waals surface area (Å²) in [6.45, 7) is 0.888. The van der Waals surface area contributed by atoms with E-state index in [-0.39, 0.29) is 17.5 Å². The van der Waals surface area contributed by atoms with Crippen LogP contribution >= 0.6 is 11.6 Å². The number of hydrogen-bond acceptors (Lipinski definition) is 5. The molecule has 0 aliphatic carbocycles. The van der Waals surface area contributed by atoms with Crippen molar-refractivity contribution in [3.05, 3.63) is 71.3 Å². The van der Waals surface area contributed by atoms with Gasteiger partial charge in [0.1, 0.15) is 23.9 Å². The lowest BCUT2D eigenvalue weighted by Gasteiger charge is -2.19. The number of fused-ring (bicyclic) bond motifs is 1. The first-order chi connectivity index (χ1) is 14.8. The van der Waals surface area contributed by atoms with Crippen LogP contribution in [0.4, 0.5) is 13.2 Å². The first-order valence-corrected chi connectivity index (χ1v) is 9.56. The summed E-state index contributed by atoms with van der Waals surface area (Å²) in [5, 5.41) is -0.199. The molecule has 6 nitrogen and oxygen atoms in total. The van der Waals surface area contributed by atoms with Gasteiger partial charge in [0, 0.05) is 12.4 Å². The van der Waals surface area contributed by atoms with Gasteiger partial charge < -0.3 is 14.4 Å². The number of carbonyl (C=O) groups is 1. The Bertz CT molecular complexity index is 1110. The van der Waals surface area contributed by atoms with Crippen LogP contribution in [0.5, 0.6) is 11.5 Å². The lowest BCUT2D eigenvalue weighted by Crippen LogP contribution is -2.32. The molecular weight excluding hydrogens is 435 g/mol. The monoisotopic (exact) mass is 449 g/mol. The first kappa shape index (κ1) is 20.9. The van der Waals surface area contributed by atoms with E-state index in [0.29, 0.717) is 41.4 Å². The summed E-state index contributed by atoms with van der Waals surface area (Å²) in [5.41, 5.74) is 1.45. The molecule has 2 heterocycles. The third-order valence-electron chi connectivity index (χ3n) is 4.56. The number of carbonyl (C=O) groups excluding carboxylic acids is 1. The summed E-state index contributed by atoms with van der Waals surface area (Å²) >= 11 is 5.96. The van der Waals surface area contributed by atoms with E-state index >= 15 is 0 Å². The van der Waals surface area contributed by atoms with Crippen molar-refractivity contribution in [2.45, 2.75) is 12.9 Å². The number of nitrogens with zero attached hydrogens (tertiary/aromatic N) is 3. The number of aromatic nitrogens is 2. The minimum absolute atomic E-state index is 0.199. The fourth-order valence-corrected chi connectivity index (χ4v) is 3.38. The zero-order valence-corrected chi connectivity index (χ0v) is 16.7. The van der Waals surface area contributed by atoms with Gasteiger partial charge in [-0.25, -0.2) is 9.97 Å².